The van der Waals surface area contributed by atoms with Crippen LogP contribution >= 0.6 is 0 Å². The highest BCUT2D eigenvalue weighted by molar-refractivity contribution is 6.00. The van der Waals surface area contributed by atoms with E-state index in [4.69, 9.17) is 0 Å². The maximum Gasteiger partial charge on any atom is 0.271 e. The Morgan fingerprint density at radius 1 is 0.955 bits per heavy atom. The van der Waals surface area contributed by atoms with Crippen molar-refractivity contribution in [3.05, 3.63) is 83.7 Å². The molecule has 0 aromatic heterocycles. The SMILES string of the molecule is O=C(NN=Cc1cccc2ccccc12)c1ccc(F)cc1. The lowest BCUT2D eigenvalue weighted by Crippen LogP contribution is -2.17. The van der Waals surface area contributed by atoms with Crippen LogP contribution in [0.1, 0.15) is 15.9 Å². The van der Waals surface area contributed by atoms with Crippen molar-refractivity contribution < 1.29 is 9.18 Å². The van der Waals surface area contributed by atoms with Crippen molar-refractivity contribution in [3.63, 3.8) is 0 Å². The van der Waals surface area contributed by atoms with Crippen LogP contribution in [0, 0.1) is 5.82 Å². The van der Waals surface area contributed by atoms with Crippen LogP contribution < -0.4 is 5.43 Å². The van der Waals surface area contributed by atoms with E-state index in [0.717, 1.165) is 16.3 Å². The van der Waals surface area contributed by atoms with Gasteiger partial charge in [0.1, 0.15) is 5.82 Å². The third kappa shape index (κ3) is 3.01. The van der Waals surface area contributed by atoms with E-state index in [1.54, 1.807) is 6.21 Å². The molecule has 1 amide bonds. The molecular weight excluding hydrogens is 279 g/mol. The highest BCUT2D eigenvalue weighted by atomic mass is 19.1. The number of rotatable bonds is 3. The molecule has 0 aliphatic carbocycles. The van der Waals surface area contributed by atoms with E-state index in [1.807, 2.05) is 42.5 Å². The summed E-state index contributed by atoms with van der Waals surface area (Å²) in [5.41, 5.74) is 3.71. The summed E-state index contributed by atoms with van der Waals surface area (Å²) in [5.74, 6) is -0.757. The Morgan fingerprint density at radius 2 is 1.68 bits per heavy atom. The average Bonchev–Trinajstić information content (AvgIpc) is 2.55. The van der Waals surface area contributed by atoms with Gasteiger partial charge < -0.3 is 0 Å². The predicted molar refractivity (Wildman–Crippen MR) is 85.4 cm³/mol. The molecule has 0 radical (unpaired) electrons. The molecule has 0 aliphatic heterocycles. The zero-order valence-corrected chi connectivity index (χ0v) is 11.7. The molecule has 0 saturated heterocycles. The van der Waals surface area contributed by atoms with Gasteiger partial charge in [0.15, 0.2) is 0 Å². The van der Waals surface area contributed by atoms with Crippen molar-refractivity contribution in [2.45, 2.75) is 0 Å². The highest BCUT2D eigenvalue weighted by Gasteiger charge is 2.03. The molecule has 0 unspecified atom stereocenters. The van der Waals surface area contributed by atoms with Crippen LogP contribution in [0.2, 0.25) is 0 Å². The summed E-state index contributed by atoms with van der Waals surface area (Å²) in [7, 11) is 0. The van der Waals surface area contributed by atoms with E-state index < -0.39 is 0 Å². The fourth-order valence-electron chi connectivity index (χ4n) is 2.19. The molecule has 3 nitrogen and oxygen atoms in total. The maximum atomic E-state index is 12.8. The fourth-order valence-corrected chi connectivity index (χ4v) is 2.19. The van der Waals surface area contributed by atoms with Gasteiger partial charge in [0.25, 0.3) is 5.91 Å². The highest BCUT2D eigenvalue weighted by Crippen LogP contribution is 2.16. The minimum Gasteiger partial charge on any atom is -0.267 e. The molecule has 22 heavy (non-hydrogen) atoms. The lowest BCUT2D eigenvalue weighted by Gasteiger charge is -2.02. The molecule has 0 spiro atoms. The number of halogens is 1. The minimum atomic E-state index is -0.379. The number of nitrogens with zero attached hydrogens (tertiary/aromatic N) is 1. The average molecular weight is 292 g/mol. The molecule has 3 aromatic carbocycles. The minimum absolute atomic E-state index is 0.358. The second-order valence-electron chi connectivity index (χ2n) is 4.77. The van der Waals surface area contributed by atoms with Crippen LogP contribution in [0.15, 0.2) is 71.8 Å². The molecule has 1 N–H and O–H groups in total. The molecule has 0 bridgehead atoms. The number of carbonyl (C=O) groups is 1. The fraction of sp³-hybridized carbons (Fsp3) is 0. The summed E-state index contributed by atoms with van der Waals surface area (Å²) in [6, 6.07) is 19.1. The van der Waals surface area contributed by atoms with Crippen molar-refractivity contribution >= 4 is 22.9 Å². The number of amides is 1. The third-order valence-electron chi connectivity index (χ3n) is 3.30. The quantitative estimate of drug-likeness (QED) is 0.580. The molecule has 4 heteroatoms. The van der Waals surface area contributed by atoms with E-state index in [2.05, 4.69) is 10.5 Å². The van der Waals surface area contributed by atoms with E-state index in [1.165, 1.54) is 24.3 Å². The lowest BCUT2D eigenvalue weighted by molar-refractivity contribution is 0.0955. The van der Waals surface area contributed by atoms with Gasteiger partial charge in [-0.1, -0.05) is 42.5 Å². The van der Waals surface area contributed by atoms with Gasteiger partial charge >= 0.3 is 0 Å². The van der Waals surface area contributed by atoms with E-state index >= 15 is 0 Å². The first kappa shape index (κ1) is 13.9. The number of hydrazone groups is 1. The second-order valence-corrected chi connectivity index (χ2v) is 4.77. The normalized spacial score (nSPS) is 11.0. The van der Waals surface area contributed by atoms with Crippen LogP contribution in [0.4, 0.5) is 4.39 Å². The molecule has 0 heterocycles. The largest absolute Gasteiger partial charge is 0.271 e. The Balaban J connectivity index is 1.76. The molecular formula is C18H13FN2O. The molecule has 0 fully saturated rings. The summed E-state index contributed by atoms with van der Waals surface area (Å²) in [5, 5.41) is 6.14. The van der Waals surface area contributed by atoms with Crippen LogP contribution in [0.25, 0.3) is 10.8 Å². The number of fused-ring (bicyclic) bond motifs is 1. The Kier molecular flexibility index (Phi) is 3.92. The van der Waals surface area contributed by atoms with Crippen molar-refractivity contribution in [1.82, 2.24) is 5.43 Å². The first-order chi connectivity index (χ1) is 10.7. The first-order valence-electron chi connectivity index (χ1n) is 6.81. The van der Waals surface area contributed by atoms with Gasteiger partial charge in [-0.3, -0.25) is 4.79 Å². The predicted octanol–water partition coefficient (Wildman–Crippen LogP) is 3.74. The smallest absolute Gasteiger partial charge is 0.267 e. The zero-order chi connectivity index (χ0) is 15.4. The van der Waals surface area contributed by atoms with Crippen molar-refractivity contribution in [3.8, 4) is 0 Å². The van der Waals surface area contributed by atoms with Gasteiger partial charge in [0, 0.05) is 11.1 Å². The van der Waals surface area contributed by atoms with Crippen molar-refractivity contribution in [2.75, 3.05) is 0 Å². The molecule has 0 saturated carbocycles. The number of benzene rings is 3. The molecule has 108 valence electrons. The summed E-state index contributed by atoms with van der Waals surface area (Å²) >= 11 is 0. The van der Waals surface area contributed by atoms with Gasteiger partial charge in [0.05, 0.1) is 6.21 Å². The molecule has 0 aliphatic rings. The Morgan fingerprint density at radius 3 is 2.50 bits per heavy atom. The van der Waals surface area contributed by atoms with E-state index in [-0.39, 0.29) is 11.7 Å². The standard InChI is InChI=1S/C18H13FN2O/c19-16-10-8-14(9-11-16)18(22)21-20-12-15-6-3-5-13-4-1-2-7-17(13)15/h1-12H,(H,21,22). The lowest BCUT2D eigenvalue weighted by atomic mass is 10.1. The van der Waals surface area contributed by atoms with Crippen molar-refractivity contribution in [2.24, 2.45) is 5.10 Å². The second kappa shape index (κ2) is 6.18. The summed E-state index contributed by atoms with van der Waals surface area (Å²) in [6.45, 7) is 0. The number of hydrogen-bond donors (Lipinski definition) is 1. The number of carbonyl (C=O) groups excluding carboxylic acids is 1. The van der Waals surface area contributed by atoms with E-state index in [0.29, 0.717) is 5.56 Å². The third-order valence-corrected chi connectivity index (χ3v) is 3.30. The van der Waals surface area contributed by atoms with E-state index in [9.17, 15) is 9.18 Å². The van der Waals surface area contributed by atoms with Crippen LogP contribution in [-0.4, -0.2) is 12.1 Å². The monoisotopic (exact) mass is 292 g/mol. The number of hydrogen-bond acceptors (Lipinski definition) is 2. The van der Waals surface area contributed by atoms with Gasteiger partial charge in [-0.15, -0.1) is 0 Å². The summed E-state index contributed by atoms with van der Waals surface area (Å²) < 4.78 is 12.8. The Bertz CT molecular complexity index is 836. The van der Waals surface area contributed by atoms with Crippen molar-refractivity contribution in [1.29, 1.82) is 0 Å². The summed E-state index contributed by atoms with van der Waals surface area (Å²) in [6.07, 6.45) is 1.60. The van der Waals surface area contributed by atoms with Crippen LogP contribution in [-0.2, 0) is 0 Å². The number of nitrogens with one attached hydrogen (secondary N) is 1. The molecule has 3 rings (SSSR count). The first-order valence-corrected chi connectivity index (χ1v) is 6.81. The molecule has 0 atom stereocenters. The van der Waals surface area contributed by atoms with Gasteiger partial charge in [-0.25, -0.2) is 9.82 Å². The molecule has 3 aromatic rings. The van der Waals surface area contributed by atoms with Crippen LogP contribution in [0.3, 0.4) is 0 Å². The van der Waals surface area contributed by atoms with Gasteiger partial charge in [0.2, 0.25) is 0 Å². The maximum absolute atomic E-state index is 12.8. The summed E-state index contributed by atoms with van der Waals surface area (Å²) in [4.78, 5) is 11.9. The Hall–Kier alpha value is -3.01. The van der Waals surface area contributed by atoms with Gasteiger partial charge in [-0.05, 0) is 35.0 Å². The zero-order valence-electron chi connectivity index (χ0n) is 11.7. The topological polar surface area (TPSA) is 41.5 Å². The van der Waals surface area contributed by atoms with Crippen LogP contribution in [0.5, 0.6) is 0 Å². The van der Waals surface area contributed by atoms with Gasteiger partial charge in [-0.2, -0.15) is 5.10 Å². The Labute approximate surface area is 127 Å².